The standard InChI is InChI=1S/C15H13ClO2/c1-18-15(17)14-8-6-13(7-9-14)12-4-2-11(10-16)3-5-12/h2-9H,10H2,1H3. The van der Waals surface area contributed by atoms with Gasteiger partial charge in [0.05, 0.1) is 12.7 Å². The van der Waals surface area contributed by atoms with E-state index in [0.29, 0.717) is 11.4 Å². The zero-order valence-electron chi connectivity index (χ0n) is 10.0. The van der Waals surface area contributed by atoms with Crippen molar-refractivity contribution >= 4 is 17.6 Å². The second-order valence-corrected chi connectivity index (χ2v) is 4.17. The Hall–Kier alpha value is -1.80. The smallest absolute Gasteiger partial charge is 0.337 e. The number of halogens is 1. The van der Waals surface area contributed by atoms with Gasteiger partial charge in [-0.05, 0) is 28.8 Å². The number of hydrogen-bond acceptors (Lipinski definition) is 2. The van der Waals surface area contributed by atoms with Crippen molar-refractivity contribution in [3.63, 3.8) is 0 Å². The van der Waals surface area contributed by atoms with Crippen molar-refractivity contribution in [3.8, 4) is 11.1 Å². The molecule has 0 aliphatic heterocycles. The Morgan fingerprint density at radius 1 is 1.00 bits per heavy atom. The fraction of sp³-hybridized carbons (Fsp3) is 0.133. The Morgan fingerprint density at radius 2 is 1.50 bits per heavy atom. The predicted octanol–water partition coefficient (Wildman–Crippen LogP) is 3.88. The molecule has 0 spiro atoms. The van der Waals surface area contributed by atoms with Crippen LogP contribution in [0.5, 0.6) is 0 Å². The molecule has 2 nitrogen and oxygen atoms in total. The minimum Gasteiger partial charge on any atom is -0.465 e. The van der Waals surface area contributed by atoms with Crippen LogP contribution in [-0.2, 0) is 10.6 Å². The van der Waals surface area contributed by atoms with Gasteiger partial charge in [-0.2, -0.15) is 0 Å². The molecular formula is C15H13ClO2. The highest BCUT2D eigenvalue weighted by atomic mass is 35.5. The molecule has 0 fully saturated rings. The molecule has 2 rings (SSSR count). The summed E-state index contributed by atoms with van der Waals surface area (Å²) in [5, 5.41) is 0. The molecule has 2 aromatic rings. The summed E-state index contributed by atoms with van der Waals surface area (Å²) in [4.78, 5) is 11.3. The van der Waals surface area contributed by atoms with Gasteiger partial charge >= 0.3 is 5.97 Å². The lowest BCUT2D eigenvalue weighted by Crippen LogP contribution is -2.00. The molecule has 0 bridgehead atoms. The van der Waals surface area contributed by atoms with Gasteiger partial charge in [-0.3, -0.25) is 0 Å². The Bertz CT molecular complexity index is 529. The molecule has 92 valence electrons. The Balaban J connectivity index is 2.25. The van der Waals surface area contributed by atoms with Crippen molar-refractivity contribution in [3.05, 3.63) is 59.7 Å². The number of ether oxygens (including phenoxy) is 1. The molecule has 0 saturated carbocycles. The maximum atomic E-state index is 11.3. The molecule has 0 saturated heterocycles. The number of hydrogen-bond donors (Lipinski definition) is 0. The average molecular weight is 261 g/mol. The Kier molecular flexibility index (Phi) is 4.00. The van der Waals surface area contributed by atoms with Crippen LogP contribution < -0.4 is 0 Å². The third-order valence-corrected chi connectivity index (χ3v) is 3.06. The lowest BCUT2D eigenvalue weighted by Gasteiger charge is -2.04. The quantitative estimate of drug-likeness (QED) is 0.618. The highest BCUT2D eigenvalue weighted by Crippen LogP contribution is 2.21. The van der Waals surface area contributed by atoms with E-state index < -0.39 is 0 Å². The third-order valence-electron chi connectivity index (χ3n) is 2.75. The molecule has 2 aromatic carbocycles. The number of alkyl halides is 1. The van der Waals surface area contributed by atoms with Crippen LogP contribution in [-0.4, -0.2) is 13.1 Å². The van der Waals surface area contributed by atoms with Crippen LogP contribution in [0.3, 0.4) is 0 Å². The SMILES string of the molecule is COC(=O)c1ccc(-c2ccc(CCl)cc2)cc1. The summed E-state index contributed by atoms with van der Waals surface area (Å²) in [6.07, 6.45) is 0. The zero-order chi connectivity index (χ0) is 13.0. The van der Waals surface area contributed by atoms with Gasteiger partial charge in [0.15, 0.2) is 0 Å². The summed E-state index contributed by atoms with van der Waals surface area (Å²) >= 11 is 5.75. The van der Waals surface area contributed by atoms with Crippen LogP contribution in [0.25, 0.3) is 11.1 Å². The van der Waals surface area contributed by atoms with Crippen LogP contribution in [0.2, 0.25) is 0 Å². The second-order valence-electron chi connectivity index (χ2n) is 3.90. The van der Waals surface area contributed by atoms with Gasteiger partial charge in [-0.25, -0.2) is 4.79 Å². The van der Waals surface area contributed by atoms with E-state index >= 15 is 0 Å². The maximum Gasteiger partial charge on any atom is 0.337 e. The summed E-state index contributed by atoms with van der Waals surface area (Å²) < 4.78 is 4.66. The highest BCUT2D eigenvalue weighted by Gasteiger charge is 2.05. The number of carbonyl (C=O) groups is 1. The van der Waals surface area contributed by atoms with Crippen LogP contribution in [0, 0.1) is 0 Å². The van der Waals surface area contributed by atoms with E-state index in [0.717, 1.165) is 16.7 Å². The minimum atomic E-state index is -0.320. The van der Waals surface area contributed by atoms with E-state index in [2.05, 4.69) is 4.74 Å². The largest absolute Gasteiger partial charge is 0.465 e. The van der Waals surface area contributed by atoms with Gasteiger partial charge in [0.1, 0.15) is 0 Å². The number of esters is 1. The Labute approximate surface area is 111 Å². The Morgan fingerprint density at radius 3 is 1.94 bits per heavy atom. The topological polar surface area (TPSA) is 26.3 Å². The molecule has 0 aliphatic carbocycles. The molecule has 0 N–H and O–H groups in total. The molecular weight excluding hydrogens is 248 g/mol. The highest BCUT2D eigenvalue weighted by molar-refractivity contribution is 6.17. The normalized spacial score (nSPS) is 10.1. The summed E-state index contributed by atoms with van der Waals surface area (Å²) in [5.74, 6) is 0.195. The van der Waals surface area contributed by atoms with Crippen molar-refractivity contribution in [1.82, 2.24) is 0 Å². The molecule has 0 radical (unpaired) electrons. The maximum absolute atomic E-state index is 11.3. The van der Waals surface area contributed by atoms with Crippen LogP contribution >= 0.6 is 11.6 Å². The minimum absolute atomic E-state index is 0.320. The second kappa shape index (κ2) is 5.69. The molecule has 0 atom stereocenters. The first kappa shape index (κ1) is 12.7. The van der Waals surface area contributed by atoms with Gasteiger partial charge in [-0.15, -0.1) is 11.6 Å². The van der Waals surface area contributed by atoms with Gasteiger partial charge in [0.25, 0.3) is 0 Å². The van der Waals surface area contributed by atoms with Crippen molar-refractivity contribution in [1.29, 1.82) is 0 Å². The number of carbonyl (C=O) groups excluding carboxylic acids is 1. The van der Waals surface area contributed by atoms with Crippen LogP contribution in [0.15, 0.2) is 48.5 Å². The monoisotopic (exact) mass is 260 g/mol. The first-order valence-electron chi connectivity index (χ1n) is 5.58. The van der Waals surface area contributed by atoms with Gasteiger partial charge in [0.2, 0.25) is 0 Å². The van der Waals surface area contributed by atoms with Crippen LogP contribution in [0.4, 0.5) is 0 Å². The molecule has 3 heteroatoms. The molecule has 18 heavy (non-hydrogen) atoms. The molecule has 0 unspecified atom stereocenters. The average Bonchev–Trinajstić information content (AvgIpc) is 2.47. The molecule has 0 heterocycles. The van der Waals surface area contributed by atoms with E-state index in [4.69, 9.17) is 11.6 Å². The van der Waals surface area contributed by atoms with E-state index in [1.807, 2.05) is 36.4 Å². The first-order chi connectivity index (χ1) is 8.74. The van der Waals surface area contributed by atoms with Crippen molar-refractivity contribution in [2.75, 3.05) is 7.11 Å². The predicted molar refractivity (Wildman–Crippen MR) is 72.8 cm³/mol. The lowest BCUT2D eigenvalue weighted by molar-refractivity contribution is 0.0601. The fourth-order valence-corrected chi connectivity index (χ4v) is 1.88. The summed E-state index contributed by atoms with van der Waals surface area (Å²) in [6.45, 7) is 0. The summed E-state index contributed by atoms with van der Waals surface area (Å²) in [5.41, 5.74) is 3.80. The lowest BCUT2D eigenvalue weighted by atomic mass is 10.0. The molecule has 0 amide bonds. The fourth-order valence-electron chi connectivity index (χ4n) is 1.70. The summed E-state index contributed by atoms with van der Waals surface area (Å²) in [7, 11) is 1.38. The first-order valence-corrected chi connectivity index (χ1v) is 6.11. The number of methoxy groups -OCH3 is 1. The zero-order valence-corrected chi connectivity index (χ0v) is 10.8. The molecule has 0 aromatic heterocycles. The number of benzene rings is 2. The van der Waals surface area contributed by atoms with Gasteiger partial charge in [0, 0.05) is 5.88 Å². The van der Waals surface area contributed by atoms with E-state index in [9.17, 15) is 4.79 Å². The number of rotatable bonds is 3. The van der Waals surface area contributed by atoms with E-state index in [1.165, 1.54) is 7.11 Å². The van der Waals surface area contributed by atoms with Gasteiger partial charge < -0.3 is 4.74 Å². The van der Waals surface area contributed by atoms with E-state index in [1.54, 1.807) is 12.1 Å². The summed E-state index contributed by atoms with van der Waals surface area (Å²) in [6, 6.07) is 15.4. The van der Waals surface area contributed by atoms with Gasteiger partial charge in [-0.1, -0.05) is 36.4 Å². The van der Waals surface area contributed by atoms with Crippen molar-refractivity contribution in [2.24, 2.45) is 0 Å². The van der Waals surface area contributed by atoms with Crippen LogP contribution in [0.1, 0.15) is 15.9 Å². The van der Waals surface area contributed by atoms with Crippen molar-refractivity contribution in [2.45, 2.75) is 5.88 Å². The van der Waals surface area contributed by atoms with E-state index in [-0.39, 0.29) is 5.97 Å². The third kappa shape index (κ3) is 2.71. The van der Waals surface area contributed by atoms with Crippen molar-refractivity contribution < 1.29 is 9.53 Å². The molecule has 0 aliphatic rings.